The van der Waals surface area contributed by atoms with E-state index in [1.165, 1.54) is 0 Å². The highest BCUT2D eigenvalue weighted by Crippen LogP contribution is 2.28. The van der Waals surface area contributed by atoms with Gasteiger partial charge in [-0.25, -0.2) is 4.98 Å². The SMILES string of the molecule is CC(Cl)c1nc2cnccc2n1CC(C)(C)CN(C)C. The zero-order valence-electron chi connectivity index (χ0n) is 12.9. The third-order valence-corrected chi connectivity index (χ3v) is 3.46. The Morgan fingerprint density at radius 3 is 2.70 bits per heavy atom. The highest BCUT2D eigenvalue weighted by Gasteiger charge is 2.24. The van der Waals surface area contributed by atoms with E-state index < -0.39 is 0 Å². The number of rotatable bonds is 5. The Kier molecular flexibility index (Phi) is 4.35. The van der Waals surface area contributed by atoms with E-state index in [1.807, 2.05) is 19.2 Å². The summed E-state index contributed by atoms with van der Waals surface area (Å²) in [5.41, 5.74) is 2.16. The molecule has 1 unspecified atom stereocenters. The van der Waals surface area contributed by atoms with Crippen molar-refractivity contribution in [3.8, 4) is 0 Å². The summed E-state index contributed by atoms with van der Waals surface area (Å²) in [6.45, 7) is 8.39. The number of pyridine rings is 1. The third-order valence-electron chi connectivity index (χ3n) is 3.27. The number of alkyl halides is 1. The number of aromatic nitrogens is 3. The van der Waals surface area contributed by atoms with Crippen LogP contribution in [0.1, 0.15) is 32.0 Å². The van der Waals surface area contributed by atoms with Crippen LogP contribution in [0, 0.1) is 5.41 Å². The molecular formula is C15H23ClN4. The topological polar surface area (TPSA) is 34.0 Å². The van der Waals surface area contributed by atoms with E-state index in [-0.39, 0.29) is 10.8 Å². The van der Waals surface area contributed by atoms with Gasteiger partial charge in [0, 0.05) is 19.3 Å². The minimum absolute atomic E-state index is 0.113. The van der Waals surface area contributed by atoms with Crippen molar-refractivity contribution in [1.82, 2.24) is 19.4 Å². The number of hydrogen-bond donors (Lipinski definition) is 0. The van der Waals surface area contributed by atoms with Gasteiger partial charge in [0.2, 0.25) is 0 Å². The molecule has 2 rings (SSSR count). The van der Waals surface area contributed by atoms with Crippen LogP contribution in [0.15, 0.2) is 18.5 Å². The monoisotopic (exact) mass is 294 g/mol. The molecule has 1 atom stereocenters. The van der Waals surface area contributed by atoms with Crippen molar-refractivity contribution in [2.24, 2.45) is 5.41 Å². The molecule has 0 amide bonds. The normalized spacial score (nSPS) is 14.2. The summed E-state index contributed by atoms with van der Waals surface area (Å²) in [4.78, 5) is 11.0. The lowest BCUT2D eigenvalue weighted by molar-refractivity contribution is 0.211. The van der Waals surface area contributed by atoms with Gasteiger partial charge in [-0.15, -0.1) is 11.6 Å². The maximum atomic E-state index is 6.30. The molecule has 110 valence electrons. The first-order valence-electron chi connectivity index (χ1n) is 6.89. The van der Waals surface area contributed by atoms with Gasteiger partial charge in [-0.3, -0.25) is 4.98 Å². The molecule has 20 heavy (non-hydrogen) atoms. The van der Waals surface area contributed by atoms with Gasteiger partial charge in [0.15, 0.2) is 0 Å². The molecule has 0 aliphatic rings. The molecular weight excluding hydrogens is 272 g/mol. The second-order valence-corrected chi connectivity index (χ2v) is 7.09. The van der Waals surface area contributed by atoms with E-state index in [4.69, 9.17) is 11.6 Å². The Morgan fingerprint density at radius 1 is 1.40 bits per heavy atom. The summed E-state index contributed by atoms with van der Waals surface area (Å²) in [6.07, 6.45) is 3.61. The summed E-state index contributed by atoms with van der Waals surface area (Å²) < 4.78 is 2.23. The van der Waals surface area contributed by atoms with Gasteiger partial charge in [-0.1, -0.05) is 13.8 Å². The van der Waals surface area contributed by atoms with E-state index in [2.05, 4.69) is 47.4 Å². The second-order valence-electron chi connectivity index (χ2n) is 6.44. The number of fused-ring (bicyclic) bond motifs is 1. The van der Waals surface area contributed by atoms with Crippen LogP contribution < -0.4 is 0 Å². The first-order chi connectivity index (χ1) is 9.30. The fraction of sp³-hybridized carbons (Fsp3) is 0.600. The average molecular weight is 295 g/mol. The lowest BCUT2D eigenvalue weighted by Gasteiger charge is -2.29. The summed E-state index contributed by atoms with van der Waals surface area (Å²) in [7, 11) is 4.20. The zero-order valence-corrected chi connectivity index (χ0v) is 13.6. The van der Waals surface area contributed by atoms with E-state index in [0.29, 0.717) is 0 Å². The Morgan fingerprint density at radius 2 is 2.10 bits per heavy atom. The highest BCUT2D eigenvalue weighted by molar-refractivity contribution is 6.20. The van der Waals surface area contributed by atoms with Gasteiger partial charge < -0.3 is 9.47 Å². The number of imidazole rings is 1. The van der Waals surface area contributed by atoms with E-state index in [0.717, 1.165) is 29.9 Å². The molecule has 2 heterocycles. The lowest BCUT2D eigenvalue weighted by Crippen LogP contribution is -2.32. The standard InChI is InChI=1S/C15H23ClN4/c1-11(16)14-18-12-8-17-7-6-13(12)20(14)10-15(2,3)9-19(4)5/h6-8,11H,9-10H2,1-5H3. The minimum Gasteiger partial charge on any atom is -0.326 e. The van der Waals surface area contributed by atoms with Crippen molar-refractivity contribution in [1.29, 1.82) is 0 Å². The summed E-state index contributed by atoms with van der Waals surface area (Å²) in [5.74, 6) is 0.918. The van der Waals surface area contributed by atoms with Gasteiger partial charge >= 0.3 is 0 Å². The number of nitrogens with zero attached hydrogens (tertiary/aromatic N) is 4. The summed E-state index contributed by atoms with van der Waals surface area (Å²) in [5, 5.41) is -0.113. The van der Waals surface area contributed by atoms with Crippen LogP contribution in [-0.4, -0.2) is 40.1 Å². The van der Waals surface area contributed by atoms with E-state index >= 15 is 0 Å². The molecule has 0 saturated heterocycles. The van der Waals surface area contributed by atoms with Crippen molar-refractivity contribution in [2.75, 3.05) is 20.6 Å². The molecule has 0 aliphatic carbocycles. The first kappa shape index (κ1) is 15.3. The van der Waals surface area contributed by atoms with Gasteiger partial charge in [0.1, 0.15) is 11.3 Å². The molecule has 4 nitrogen and oxygen atoms in total. The van der Waals surface area contributed by atoms with E-state index in [1.54, 1.807) is 6.20 Å². The summed E-state index contributed by atoms with van der Waals surface area (Å²) in [6, 6.07) is 2.01. The number of hydrogen-bond acceptors (Lipinski definition) is 3. The van der Waals surface area contributed by atoms with Gasteiger partial charge in [-0.05, 0) is 32.5 Å². The Balaban J connectivity index is 2.44. The smallest absolute Gasteiger partial charge is 0.127 e. The van der Waals surface area contributed by atoms with Gasteiger partial charge in [0.25, 0.3) is 0 Å². The van der Waals surface area contributed by atoms with Crippen LogP contribution in [0.25, 0.3) is 11.0 Å². The molecule has 2 aromatic heterocycles. The van der Waals surface area contributed by atoms with Crippen LogP contribution in [0.2, 0.25) is 0 Å². The Bertz CT molecular complexity index is 587. The molecule has 0 radical (unpaired) electrons. The zero-order chi connectivity index (χ0) is 14.9. The molecule has 0 aromatic carbocycles. The quantitative estimate of drug-likeness (QED) is 0.793. The van der Waals surface area contributed by atoms with E-state index in [9.17, 15) is 0 Å². The fourth-order valence-corrected chi connectivity index (χ4v) is 2.97. The van der Waals surface area contributed by atoms with Crippen LogP contribution >= 0.6 is 11.6 Å². The third kappa shape index (κ3) is 3.30. The molecule has 0 bridgehead atoms. The van der Waals surface area contributed by atoms with Crippen LogP contribution in [0.4, 0.5) is 0 Å². The van der Waals surface area contributed by atoms with Crippen molar-refractivity contribution < 1.29 is 0 Å². The average Bonchev–Trinajstić information content (AvgIpc) is 2.66. The number of halogens is 1. The second kappa shape index (κ2) is 5.70. The van der Waals surface area contributed by atoms with Crippen molar-refractivity contribution in [2.45, 2.75) is 32.7 Å². The largest absolute Gasteiger partial charge is 0.326 e. The predicted octanol–water partition coefficient (Wildman–Crippen LogP) is 3.32. The van der Waals surface area contributed by atoms with Gasteiger partial charge in [0.05, 0.1) is 17.1 Å². The van der Waals surface area contributed by atoms with Crippen molar-refractivity contribution >= 4 is 22.6 Å². The molecule has 0 spiro atoms. The predicted molar refractivity (Wildman–Crippen MR) is 84.1 cm³/mol. The maximum absolute atomic E-state index is 6.30. The summed E-state index contributed by atoms with van der Waals surface area (Å²) >= 11 is 6.30. The molecule has 0 fully saturated rings. The molecule has 2 aromatic rings. The maximum Gasteiger partial charge on any atom is 0.127 e. The van der Waals surface area contributed by atoms with Crippen LogP contribution in [0.5, 0.6) is 0 Å². The van der Waals surface area contributed by atoms with Crippen LogP contribution in [-0.2, 0) is 6.54 Å². The minimum atomic E-state index is -0.113. The van der Waals surface area contributed by atoms with Crippen molar-refractivity contribution in [3.05, 3.63) is 24.3 Å². The van der Waals surface area contributed by atoms with Gasteiger partial charge in [-0.2, -0.15) is 0 Å². The first-order valence-corrected chi connectivity index (χ1v) is 7.33. The Labute approximate surface area is 125 Å². The molecule has 0 aliphatic heterocycles. The molecule has 0 saturated carbocycles. The molecule has 5 heteroatoms. The highest BCUT2D eigenvalue weighted by atomic mass is 35.5. The van der Waals surface area contributed by atoms with Crippen molar-refractivity contribution in [3.63, 3.8) is 0 Å². The molecule has 0 N–H and O–H groups in total. The fourth-order valence-electron chi connectivity index (χ4n) is 2.80. The Hall–Kier alpha value is -1.13. The lowest BCUT2D eigenvalue weighted by atomic mass is 9.92. The van der Waals surface area contributed by atoms with Crippen LogP contribution in [0.3, 0.4) is 0 Å².